The Kier molecular flexibility index (Phi) is 5.11. The summed E-state index contributed by atoms with van der Waals surface area (Å²) in [6.07, 6.45) is 1.94. The molecule has 1 fully saturated rings. The Balaban J connectivity index is 2.26. The summed E-state index contributed by atoms with van der Waals surface area (Å²) in [6, 6.07) is 4.72. The van der Waals surface area contributed by atoms with E-state index < -0.39 is 11.6 Å². The third-order valence-corrected chi connectivity index (χ3v) is 4.12. The van der Waals surface area contributed by atoms with Crippen molar-refractivity contribution in [1.29, 1.82) is 0 Å². The van der Waals surface area contributed by atoms with Gasteiger partial charge in [-0.1, -0.05) is 13.0 Å². The Morgan fingerprint density at radius 2 is 2.10 bits per heavy atom. The van der Waals surface area contributed by atoms with Crippen molar-refractivity contribution in [2.24, 2.45) is 0 Å². The Labute approximate surface area is 120 Å². The van der Waals surface area contributed by atoms with Crippen LogP contribution < -0.4 is 5.32 Å². The predicted octanol–water partition coefficient (Wildman–Crippen LogP) is 3.49. The summed E-state index contributed by atoms with van der Waals surface area (Å²) in [4.78, 5) is 2.31. The molecule has 0 saturated carbocycles. The molecule has 0 aliphatic carbocycles. The summed E-state index contributed by atoms with van der Waals surface area (Å²) in [5.74, 6) is -0.945. The summed E-state index contributed by atoms with van der Waals surface area (Å²) in [5, 5.41) is 3.45. The molecule has 0 spiro atoms. The fourth-order valence-electron chi connectivity index (χ4n) is 3.15. The van der Waals surface area contributed by atoms with Gasteiger partial charge in [0.15, 0.2) is 0 Å². The molecule has 112 valence electrons. The van der Waals surface area contributed by atoms with Gasteiger partial charge < -0.3 is 5.32 Å². The Morgan fingerprint density at radius 3 is 2.70 bits per heavy atom. The number of hydrogen-bond acceptors (Lipinski definition) is 2. The van der Waals surface area contributed by atoms with Crippen molar-refractivity contribution in [3.63, 3.8) is 0 Å². The number of likely N-dealkylation sites (tertiary alicyclic amines) is 1. The van der Waals surface area contributed by atoms with Crippen LogP contribution >= 0.6 is 0 Å². The molecule has 0 amide bonds. The van der Waals surface area contributed by atoms with Crippen LogP contribution in [0.5, 0.6) is 0 Å². The van der Waals surface area contributed by atoms with Crippen molar-refractivity contribution in [2.45, 2.75) is 51.7 Å². The fraction of sp³-hybridized carbons (Fsp3) is 0.625. The number of piperidine rings is 1. The van der Waals surface area contributed by atoms with Crippen molar-refractivity contribution in [3.8, 4) is 0 Å². The molecular formula is C16H24F2N2. The molecule has 20 heavy (non-hydrogen) atoms. The molecule has 1 aromatic rings. The summed E-state index contributed by atoms with van der Waals surface area (Å²) >= 11 is 0. The molecule has 1 aromatic carbocycles. The van der Waals surface area contributed by atoms with E-state index in [4.69, 9.17) is 0 Å². The lowest BCUT2D eigenvalue weighted by Gasteiger charge is -2.42. The molecule has 1 heterocycles. The minimum Gasteiger partial charge on any atom is -0.314 e. The topological polar surface area (TPSA) is 15.3 Å². The maximum atomic E-state index is 14.1. The molecule has 4 heteroatoms. The minimum atomic E-state index is -0.513. The van der Waals surface area contributed by atoms with Gasteiger partial charge in [-0.25, -0.2) is 8.78 Å². The van der Waals surface area contributed by atoms with Crippen LogP contribution in [0.25, 0.3) is 0 Å². The van der Waals surface area contributed by atoms with Gasteiger partial charge in [0.2, 0.25) is 0 Å². The maximum Gasteiger partial charge on any atom is 0.130 e. The third-order valence-electron chi connectivity index (χ3n) is 4.12. The number of hydrogen-bond donors (Lipinski definition) is 1. The first-order chi connectivity index (χ1) is 9.52. The summed E-state index contributed by atoms with van der Waals surface area (Å²) < 4.78 is 27.2. The van der Waals surface area contributed by atoms with Gasteiger partial charge in [0, 0.05) is 36.3 Å². The first-order valence-corrected chi connectivity index (χ1v) is 7.47. The SMILES string of the molecule is CCN[C@@H]1CCN(C(C)C)[C@H](c2ccc(F)cc2F)C1. The Morgan fingerprint density at radius 1 is 1.35 bits per heavy atom. The zero-order valence-electron chi connectivity index (χ0n) is 12.5. The van der Waals surface area contributed by atoms with Crippen LogP contribution in [0.1, 0.15) is 45.2 Å². The lowest BCUT2D eigenvalue weighted by Crippen LogP contribution is -2.47. The molecular weight excluding hydrogens is 258 g/mol. The van der Waals surface area contributed by atoms with Gasteiger partial charge in [-0.2, -0.15) is 0 Å². The highest BCUT2D eigenvalue weighted by Gasteiger charge is 2.32. The molecule has 0 unspecified atom stereocenters. The second-order valence-electron chi connectivity index (χ2n) is 5.79. The van der Waals surface area contributed by atoms with E-state index in [9.17, 15) is 8.78 Å². The van der Waals surface area contributed by atoms with Crippen LogP contribution in [0.2, 0.25) is 0 Å². The lowest BCUT2D eigenvalue weighted by molar-refractivity contribution is 0.0907. The molecule has 0 aromatic heterocycles. The second kappa shape index (κ2) is 6.64. The van der Waals surface area contributed by atoms with Crippen LogP contribution in [0, 0.1) is 11.6 Å². The van der Waals surface area contributed by atoms with Crippen molar-refractivity contribution in [1.82, 2.24) is 10.2 Å². The zero-order valence-corrected chi connectivity index (χ0v) is 12.5. The van der Waals surface area contributed by atoms with E-state index in [1.807, 2.05) is 0 Å². The smallest absolute Gasteiger partial charge is 0.130 e. The second-order valence-corrected chi connectivity index (χ2v) is 5.79. The molecule has 0 bridgehead atoms. The molecule has 2 nitrogen and oxygen atoms in total. The third kappa shape index (κ3) is 3.36. The molecule has 2 atom stereocenters. The molecule has 1 saturated heterocycles. The quantitative estimate of drug-likeness (QED) is 0.909. The number of nitrogens with zero attached hydrogens (tertiary/aromatic N) is 1. The van der Waals surface area contributed by atoms with Gasteiger partial charge in [-0.05, 0) is 39.3 Å². The largest absolute Gasteiger partial charge is 0.314 e. The molecule has 1 aliphatic rings. The number of rotatable bonds is 4. The lowest BCUT2D eigenvalue weighted by atomic mass is 9.90. The number of benzene rings is 1. The number of nitrogens with one attached hydrogen (secondary N) is 1. The highest BCUT2D eigenvalue weighted by molar-refractivity contribution is 5.23. The highest BCUT2D eigenvalue weighted by atomic mass is 19.1. The summed E-state index contributed by atoms with van der Waals surface area (Å²) in [5.41, 5.74) is 0.614. The minimum absolute atomic E-state index is 0.0217. The molecule has 2 rings (SSSR count). The van der Waals surface area contributed by atoms with E-state index in [-0.39, 0.29) is 6.04 Å². The average molecular weight is 282 g/mol. The number of halogens is 2. The van der Waals surface area contributed by atoms with Gasteiger partial charge in [0.1, 0.15) is 11.6 Å². The Hall–Kier alpha value is -1.00. The van der Waals surface area contributed by atoms with E-state index in [2.05, 4.69) is 31.0 Å². The average Bonchev–Trinajstić information content (AvgIpc) is 2.38. The van der Waals surface area contributed by atoms with Crippen LogP contribution in [-0.4, -0.2) is 30.1 Å². The van der Waals surface area contributed by atoms with E-state index in [1.54, 1.807) is 6.07 Å². The van der Waals surface area contributed by atoms with Gasteiger partial charge in [-0.3, -0.25) is 4.90 Å². The standard InChI is InChI=1S/C16H24F2N2/c1-4-19-13-7-8-20(11(2)3)16(10-13)14-6-5-12(17)9-15(14)18/h5-6,9,11,13,16,19H,4,7-8,10H2,1-3H3/t13-,16+/m1/s1. The van der Waals surface area contributed by atoms with Crippen LogP contribution in [0.15, 0.2) is 18.2 Å². The van der Waals surface area contributed by atoms with Crippen LogP contribution in [0.3, 0.4) is 0 Å². The Bertz CT molecular complexity index is 448. The van der Waals surface area contributed by atoms with Gasteiger partial charge in [0.05, 0.1) is 0 Å². The van der Waals surface area contributed by atoms with Crippen molar-refractivity contribution in [3.05, 3.63) is 35.4 Å². The maximum absolute atomic E-state index is 14.1. The van der Waals surface area contributed by atoms with Gasteiger partial charge in [0.25, 0.3) is 0 Å². The van der Waals surface area contributed by atoms with Crippen molar-refractivity contribution >= 4 is 0 Å². The van der Waals surface area contributed by atoms with Crippen LogP contribution in [-0.2, 0) is 0 Å². The molecule has 1 N–H and O–H groups in total. The van der Waals surface area contributed by atoms with E-state index in [0.29, 0.717) is 17.6 Å². The van der Waals surface area contributed by atoms with Gasteiger partial charge in [-0.15, -0.1) is 0 Å². The van der Waals surface area contributed by atoms with E-state index in [0.717, 1.165) is 32.0 Å². The van der Waals surface area contributed by atoms with Crippen molar-refractivity contribution in [2.75, 3.05) is 13.1 Å². The zero-order chi connectivity index (χ0) is 14.7. The molecule has 1 aliphatic heterocycles. The van der Waals surface area contributed by atoms with E-state index >= 15 is 0 Å². The first kappa shape index (κ1) is 15.4. The predicted molar refractivity (Wildman–Crippen MR) is 77.6 cm³/mol. The summed E-state index contributed by atoms with van der Waals surface area (Å²) in [6.45, 7) is 8.20. The highest BCUT2D eigenvalue weighted by Crippen LogP contribution is 2.34. The normalized spacial score (nSPS) is 24.3. The fourth-order valence-corrected chi connectivity index (χ4v) is 3.15. The van der Waals surface area contributed by atoms with Crippen LogP contribution in [0.4, 0.5) is 8.78 Å². The molecule has 0 radical (unpaired) electrons. The monoisotopic (exact) mass is 282 g/mol. The van der Waals surface area contributed by atoms with Crippen molar-refractivity contribution < 1.29 is 8.78 Å². The van der Waals surface area contributed by atoms with Gasteiger partial charge >= 0.3 is 0 Å². The first-order valence-electron chi connectivity index (χ1n) is 7.47. The van der Waals surface area contributed by atoms with E-state index in [1.165, 1.54) is 6.07 Å². The summed E-state index contributed by atoms with van der Waals surface area (Å²) in [7, 11) is 0.